The molecule has 0 saturated carbocycles. The van der Waals surface area contributed by atoms with Crippen LogP contribution in [0.3, 0.4) is 0 Å². The second-order valence-electron chi connectivity index (χ2n) is 7.88. The Bertz CT molecular complexity index is 793. The van der Waals surface area contributed by atoms with Gasteiger partial charge in [-0.1, -0.05) is 73.5 Å². The van der Waals surface area contributed by atoms with Crippen molar-refractivity contribution in [1.82, 2.24) is 9.80 Å². The van der Waals surface area contributed by atoms with Crippen LogP contribution in [0.2, 0.25) is 5.02 Å². The summed E-state index contributed by atoms with van der Waals surface area (Å²) in [5.74, 6) is 1.64. The highest BCUT2D eigenvalue weighted by Crippen LogP contribution is 2.40. The maximum absolute atomic E-state index is 13.2. The van der Waals surface area contributed by atoms with E-state index in [1.165, 1.54) is 11.1 Å². The van der Waals surface area contributed by atoms with Crippen LogP contribution in [0.15, 0.2) is 48.5 Å². The molecule has 3 rings (SSSR count). The van der Waals surface area contributed by atoms with Crippen molar-refractivity contribution in [3.05, 3.63) is 70.2 Å². The van der Waals surface area contributed by atoms with Crippen LogP contribution in [0.4, 0.5) is 0 Å². The van der Waals surface area contributed by atoms with Gasteiger partial charge in [0, 0.05) is 36.0 Å². The van der Waals surface area contributed by atoms with Crippen LogP contribution in [0, 0.1) is 12.8 Å². The van der Waals surface area contributed by atoms with Gasteiger partial charge in [-0.25, -0.2) is 0 Å². The fourth-order valence-electron chi connectivity index (χ4n) is 3.59. The van der Waals surface area contributed by atoms with Crippen molar-refractivity contribution in [2.24, 2.45) is 5.92 Å². The van der Waals surface area contributed by atoms with Crippen LogP contribution in [-0.2, 0) is 11.3 Å². The average Bonchev–Trinajstić information content (AvgIpc) is 3.13. The molecule has 2 aromatic rings. The number of halogens is 1. The van der Waals surface area contributed by atoms with Gasteiger partial charge in [0.1, 0.15) is 5.37 Å². The number of benzene rings is 2. The number of carbonyl (C=O) groups is 1. The zero-order valence-electron chi connectivity index (χ0n) is 16.9. The predicted octanol–water partition coefficient (Wildman–Crippen LogP) is 5.38. The zero-order chi connectivity index (χ0) is 20.1. The summed E-state index contributed by atoms with van der Waals surface area (Å²) >= 11 is 8.20. The zero-order valence-corrected chi connectivity index (χ0v) is 18.5. The van der Waals surface area contributed by atoms with E-state index in [0.29, 0.717) is 12.5 Å². The van der Waals surface area contributed by atoms with Gasteiger partial charge in [-0.15, -0.1) is 11.8 Å². The van der Waals surface area contributed by atoms with E-state index in [1.807, 2.05) is 29.2 Å². The Labute approximate surface area is 178 Å². The number of hydrogen-bond acceptors (Lipinski definition) is 3. The van der Waals surface area contributed by atoms with Crippen LogP contribution in [0.5, 0.6) is 0 Å². The van der Waals surface area contributed by atoms with E-state index >= 15 is 0 Å². The van der Waals surface area contributed by atoms with Crippen LogP contribution < -0.4 is 0 Å². The van der Waals surface area contributed by atoms with Crippen molar-refractivity contribution < 1.29 is 4.79 Å². The Morgan fingerprint density at radius 1 is 1.21 bits per heavy atom. The van der Waals surface area contributed by atoms with Gasteiger partial charge in [0.25, 0.3) is 0 Å². The third-order valence-corrected chi connectivity index (χ3v) is 6.48. The normalized spacial score (nSPS) is 16.9. The number of thioether (sulfide) groups is 1. The second kappa shape index (κ2) is 9.82. The first kappa shape index (κ1) is 21.2. The van der Waals surface area contributed by atoms with Gasteiger partial charge >= 0.3 is 0 Å². The Kier molecular flexibility index (Phi) is 7.44. The van der Waals surface area contributed by atoms with E-state index in [0.717, 1.165) is 36.0 Å². The van der Waals surface area contributed by atoms with Crippen molar-refractivity contribution >= 4 is 29.3 Å². The number of hydrogen-bond donors (Lipinski definition) is 0. The summed E-state index contributed by atoms with van der Waals surface area (Å²) < 4.78 is 0. The average molecular weight is 417 g/mol. The molecule has 2 aromatic carbocycles. The van der Waals surface area contributed by atoms with Gasteiger partial charge in [0.15, 0.2) is 0 Å². The van der Waals surface area contributed by atoms with E-state index in [9.17, 15) is 4.79 Å². The summed E-state index contributed by atoms with van der Waals surface area (Å²) in [6.07, 6.45) is 0. The smallest absolute Gasteiger partial charge is 0.237 e. The van der Waals surface area contributed by atoms with Crippen molar-refractivity contribution in [2.45, 2.75) is 32.7 Å². The van der Waals surface area contributed by atoms with Crippen LogP contribution in [0.25, 0.3) is 0 Å². The SMILES string of the molecule is Cc1ccc(CN(CC(=O)N2CCS[C@H]2c2ccccc2Cl)CC(C)C)cc1. The number of amides is 1. The third kappa shape index (κ3) is 5.53. The number of rotatable bonds is 7. The topological polar surface area (TPSA) is 23.6 Å². The first-order valence-corrected chi connectivity index (χ1v) is 11.3. The highest BCUT2D eigenvalue weighted by molar-refractivity contribution is 7.99. The van der Waals surface area contributed by atoms with E-state index < -0.39 is 0 Å². The quantitative estimate of drug-likeness (QED) is 0.605. The summed E-state index contributed by atoms with van der Waals surface area (Å²) in [6, 6.07) is 16.4. The van der Waals surface area contributed by atoms with E-state index in [2.05, 4.69) is 49.9 Å². The fraction of sp³-hybridized carbons (Fsp3) is 0.435. The standard InChI is InChI=1S/C23H29ClN2OS/c1-17(2)14-25(15-19-10-8-18(3)9-11-19)16-22(27)26-12-13-28-23(26)20-6-4-5-7-21(20)24/h4-11,17,23H,12-16H2,1-3H3/t23-/m0/s1. The Balaban J connectivity index is 1.71. The molecule has 0 spiro atoms. The molecular formula is C23H29ClN2OS. The predicted molar refractivity (Wildman–Crippen MR) is 120 cm³/mol. The van der Waals surface area contributed by atoms with Crippen molar-refractivity contribution in [1.29, 1.82) is 0 Å². The fourth-order valence-corrected chi connectivity index (χ4v) is 5.21. The molecule has 0 unspecified atom stereocenters. The molecule has 5 heteroatoms. The lowest BCUT2D eigenvalue weighted by Gasteiger charge is -2.29. The monoisotopic (exact) mass is 416 g/mol. The summed E-state index contributed by atoms with van der Waals surface area (Å²) in [5.41, 5.74) is 3.54. The highest BCUT2D eigenvalue weighted by atomic mass is 35.5. The molecule has 1 aliphatic heterocycles. The molecule has 28 heavy (non-hydrogen) atoms. The van der Waals surface area contributed by atoms with Crippen LogP contribution in [0.1, 0.15) is 35.9 Å². The molecule has 3 nitrogen and oxygen atoms in total. The summed E-state index contributed by atoms with van der Waals surface area (Å²) in [4.78, 5) is 17.5. The van der Waals surface area contributed by atoms with E-state index in [-0.39, 0.29) is 11.3 Å². The van der Waals surface area contributed by atoms with Crippen LogP contribution in [-0.4, -0.2) is 41.1 Å². The molecule has 0 aliphatic carbocycles. The minimum atomic E-state index is 0.0153. The van der Waals surface area contributed by atoms with E-state index in [1.54, 1.807) is 11.8 Å². The molecule has 0 N–H and O–H groups in total. The number of aryl methyl sites for hydroxylation is 1. The van der Waals surface area contributed by atoms with Gasteiger partial charge in [0.2, 0.25) is 5.91 Å². The summed E-state index contributed by atoms with van der Waals surface area (Å²) in [5, 5.41) is 0.750. The molecule has 0 aromatic heterocycles. The summed E-state index contributed by atoms with van der Waals surface area (Å²) in [7, 11) is 0. The molecule has 1 amide bonds. The maximum atomic E-state index is 13.2. The first-order chi connectivity index (χ1) is 13.4. The lowest BCUT2D eigenvalue weighted by Crippen LogP contribution is -2.41. The van der Waals surface area contributed by atoms with Crippen molar-refractivity contribution in [3.63, 3.8) is 0 Å². The molecule has 1 saturated heterocycles. The van der Waals surface area contributed by atoms with Gasteiger partial charge < -0.3 is 4.90 Å². The minimum Gasteiger partial charge on any atom is -0.325 e. The minimum absolute atomic E-state index is 0.0153. The molecule has 1 aliphatic rings. The number of nitrogens with zero attached hydrogens (tertiary/aromatic N) is 2. The maximum Gasteiger partial charge on any atom is 0.237 e. The molecule has 1 atom stereocenters. The first-order valence-electron chi connectivity index (χ1n) is 9.87. The third-order valence-electron chi connectivity index (χ3n) is 4.89. The largest absolute Gasteiger partial charge is 0.325 e. The van der Waals surface area contributed by atoms with Crippen molar-refractivity contribution in [2.75, 3.05) is 25.4 Å². The lowest BCUT2D eigenvalue weighted by molar-refractivity contribution is -0.132. The number of carbonyl (C=O) groups excluding carboxylic acids is 1. The molecule has 1 fully saturated rings. The summed E-state index contributed by atoms with van der Waals surface area (Å²) in [6.45, 7) is 9.40. The van der Waals surface area contributed by atoms with Gasteiger partial charge in [-0.05, 0) is 24.5 Å². The highest BCUT2D eigenvalue weighted by Gasteiger charge is 2.32. The van der Waals surface area contributed by atoms with Gasteiger partial charge in [0.05, 0.1) is 6.54 Å². The molecule has 0 bridgehead atoms. The molecule has 0 radical (unpaired) electrons. The van der Waals surface area contributed by atoms with Crippen molar-refractivity contribution in [3.8, 4) is 0 Å². The molecule has 150 valence electrons. The Morgan fingerprint density at radius 3 is 2.61 bits per heavy atom. The van der Waals surface area contributed by atoms with Crippen LogP contribution >= 0.6 is 23.4 Å². The molecular weight excluding hydrogens is 388 g/mol. The Hall–Kier alpha value is -1.49. The van der Waals surface area contributed by atoms with Gasteiger partial charge in [-0.2, -0.15) is 0 Å². The lowest BCUT2D eigenvalue weighted by atomic mass is 10.1. The Morgan fingerprint density at radius 2 is 1.93 bits per heavy atom. The second-order valence-corrected chi connectivity index (χ2v) is 9.48. The molecule has 1 heterocycles. The van der Waals surface area contributed by atoms with E-state index in [4.69, 9.17) is 11.6 Å². The van der Waals surface area contributed by atoms with Gasteiger partial charge in [-0.3, -0.25) is 9.69 Å².